The first kappa shape index (κ1) is 21.8. The summed E-state index contributed by atoms with van der Waals surface area (Å²) in [6.45, 7) is 6.80. The van der Waals surface area contributed by atoms with Crippen molar-refractivity contribution in [3.05, 3.63) is 47.0 Å². The lowest BCUT2D eigenvalue weighted by atomic mass is 10.1. The van der Waals surface area contributed by atoms with Crippen molar-refractivity contribution in [3.8, 4) is 0 Å². The SMILES string of the molecule is CC(C)N(Cc1ccccc1)CC1CCC(=O)N1CCSc1nc(C(=O)O)cs1. The number of nitrogens with zero attached hydrogens (tertiary/aromatic N) is 3. The van der Waals surface area contributed by atoms with E-state index in [2.05, 4.69) is 48.0 Å². The fourth-order valence-electron chi connectivity index (χ4n) is 3.49. The van der Waals surface area contributed by atoms with E-state index in [0.717, 1.165) is 29.6 Å². The van der Waals surface area contributed by atoms with Crippen LogP contribution in [0.4, 0.5) is 0 Å². The van der Waals surface area contributed by atoms with Gasteiger partial charge in [0.05, 0.1) is 0 Å². The monoisotopic (exact) mass is 433 g/mol. The van der Waals surface area contributed by atoms with E-state index in [0.29, 0.717) is 19.0 Å². The molecule has 2 aromatic rings. The molecule has 1 saturated heterocycles. The molecule has 1 unspecified atom stereocenters. The van der Waals surface area contributed by atoms with Gasteiger partial charge in [0.25, 0.3) is 0 Å². The van der Waals surface area contributed by atoms with Gasteiger partial charge in [0.1, 0.15) is 0 Å². The summed E-state index contributed by atoms with van der Waals surface area (Å²) >= 11 is 2.85. The second kappa shape index (κ2) is 10.2. The third kappa shape index (κ3) is 6.04. The van der Waals surface area contributed by atoms with Gasteiger partial charge in [-0.2, -0.15) is 0 Å². The molecule has 1 N–H and O–H groups in total. The second-order valence-corrected chi connectivity index (χ2v) is 9.64. The average molecular weight is 434 g/mol. The molecule has 1 amide bonds. The molecule has 1 aliphatic rings. The van der Waals surface area contributed by atoms with Crippen LogP contribution in [0, 0.1) is 0 Å². The molecule has 156 valence electrons. The molecule has 1 fully saturated rings. The Morgan fingerprint density at radius 3 is 2.79 bits per heavy atom. The summed E-state index contributed by atoms with van der Waals surface area (Å²) in [6, 6.07) is 11.0. The number of thioether (sulfide) groups is 1. The normalized spacial score (nSPS) is 16.9. The van der Waals surface area contributed by atoms with E-state index in [4.69, 9.17) is 5.11 Å². The number of amides is 1. The Bertz CT molecular complexity index is 826. The highest BCUT2D eigenvalue weighted by molar-refractivity contribution is 8.01. The Morgan fingerprint density at radius 2 is 2.14 bits per heavy atom. The van der Waals surface area contributed by atoms with Crippen LogP contribution in [0.1, 0.15) is 42.7 Å². The Kier molecular flexibility index (Phi) is 7.69. The summed E-state index contributed by atoms with van der Waals surface area (Å²) in [5.41, 5.74) is 1.37. The number of carbonyl (C=O) groups is 2. The predicted molar refractivity (Wildman–Crippen MR) is 117 cm³/mol. The Hall–Kier alpha value is -1.90. The van der Waals surface area contributed by atoms with Crippen molar-refractivity contribution < 1.29 is 14.7 Å². The van der Waals surface area contributed by atoms with Crippen molar-refractivity contribution in [1.82, 2.24) is 14.8 Å². The molecule has 0 saturated carbocycles. The fraction of sp³-hybridized carbons (Fsp3) is 0.476. The van der Waals surface area contributed by atoms with Gasteiger partial charge in [0.15, 0.2) is 10.0 Å². The second-order valence-electron chi connectivity index (χ2n) is 7.44. The van der Waals surface area contributed by atoms with Crippen molar-refractivity contribution >= 4 is 35.0 Å². The Balaban J connectivity index is 1.56. The van der Waals surface area contributed by atoms with Crippen LogP contribution >= 0.6 is 23.1 Å². The molecule has 0 aliphatic carbocycles. The number of thiazole rings is 1. The van der Waals surface area contributed by atoms with Gasteiger partial charge in [-0.15, -0.1) is 11.3 Å². The van der Waals surface area contributed by atoms with Crippen LogP contribution in [0.15, 0.2) is 40.1 Å². The van der Waals surface area contributed by atoms with Gasteiger partial charge in [-0.05, 0) is 25.8 Å². The van der Waals surface area contributed by atoms with E-state index >= 15 is 0 Å². The number of hydrogen-bond donors (Lipinski definition) is 1. The maximum atomic E-state index is 12.4. The largest absolute Gasteiger partial charge is 0.476 e. The van der Waals surface area contributed by atoms with Gasteiger partial charge in [0.2, 0.25) is 5.91 Å². The van der Waals surface area contributed by atoms with Crippen molar-refractivity contribution in [1.29, 1.82) is 0 Å². The van der Waals surface area contributed by atoms with E-state index in [1.165, 1.54) is 28.7 Å². The zero-order chi connectivity index (χ0) is 20.8. The molecular weight excluding hydrogens is 406 g/mol. The van der Waals surface area contributed by atoms with Gasteiger partial charge in [-0.25, -0.2) is 9.78 Å². The molecule has 0 bridgehead atoms. The number of carboxylic acid groups (broad SMARTS) is 1. The van der Waals surface area contributed by atoms with Crippen molar-refractivity contribution in [3.63, 3.8) is 0 Å². The van der Waals surface area contributed by atoms with Crippen LogP contribution in [0.2, 0.25) is 0 Å². The summed E-state index contributed by atoms with van der Waals surface area (Å²) in [4.78, 5) is 31.9. The van der Waals surface area contributed by atoms with Crippen LogP contribution in [0.3, 0.4) is 0 Å². The first-order valence-corrected chi connectivity index (χ1v) is 11.7. The maximum absolute atomic E-state index is 12.4. The number of likely N-dealkylation sites (tertiary alicyclic amines) is 1. The van der Waals surface area contributed by atoms with Crippen LogP contribution < -0.4 is 0 Å². The summed E-state index contributed by atoms with van der Waals surface area (Å²) in [7, 11) is 0. The lowest BCUT2D eigenvalue weighted by Gasteiger charge is -2.33. The van der Waals surface area contributed by atoms with Gasteiger partial charge < -0.3 is 10.0 Å². The average Bonchev–Trinajstić information content (AvgIpc) is 3.30. The third-order valence-corrected chi connectivity index (χ3v) is 7.12. The first-order valence-electron chi connectivity index (χ1n) is 9.83. The topological polar surface area (TPSA) is 73.7 Å². The van der Waals surface area contributed by atoms with Gasteiger partial charge in [-0.3, -0.25) is 9.69 Å². The summed E-state index contributed by atoms with van der Waals surface area (Å²) in [5.74, 6) is -0.0747. The van der Waals surface area contributed by atoms with Crippen molar-refractivity contribution in [2.45, 2.75) is 49.7 Å². The van der Waals surface area contributed by atoms with Crippen LogP contribution in [0.25, 0.3) is 0 Å². The molecule has 1 atom stereocenters. The number of aromatic carboxylic acids is 1. The lowest BCUT2D eigenvalue weighted by Crippen LogP contribution is -2.44. The molecule has 1 aromatic carbocycles. The standard InChI is InChI=1S/C21H27N3O3S2/c1-15(2)23(12-16-6-4-3-5-7-16)13-17-8-9-19(25)24(17)10-11-28-21-22-18(14-29-21)20(26)27/h3-7,14-15,17H,8-13H2,1-2H3,(H,26,27). The van der Waals surface area contributed by atoms with E-state index in [9.17, 15) is 9.59 Å². The van der Waals surface area contributed by atoms with E-state index in [1.54, 1.807) is 5.38 Å². The first-order chi connectivity index (χ1) is 13.9. The molecule has 8 heteroatoms. The molecular formula is C21H27N3O3S2. The molecule has 3 rings (SSSR count). The molecule has 1 aromatic heterocycles. The van der Waals surface area contributed by atoms with Crippen LogP contribution in [-0.2, 0) is 11.3 Å². The smallest absolute Gasteiger partial charge is 0.355 e. The number of carbonyl (C=O) groups excluding carboxylic acids is 1. The molecule has 6 nitrogen and oxygen atoms in total. The summed E-state index contributed by atoms with van der Waals surface area (Å²) in [6.07, 6.45) is 1.49. The van der Waals surface area contributed by atoms with E-state index in [-0.39, 0.29) is 17.6 Å². The zero-order valence-corrected chi connectivity index (χ0v) is 18.4. The molecule has 29 heavy (non-hydrogen) atoms. The summed E-state index contributed by atoms with van der Waals surface area (Å²) < 4.78 is 0.735. The highest BCUT2D eigenvalue weighted by atomic mass is 32.2. The number of aromatic nitrogens is 1. The zero-order valence-electron chi connectivity index (χ0n) is 16.8. The number of benzene rings is 1. The Labute approximate surface area is 179 Å². The number of hydrogen-bond acceptors (Lipinski definition) is 6. The van der Waals surface area contributed by atoms with E-state index in [1.807, 2.05) is 11.0 Å². The lowest BCUT2D eigenvalue weighted by molar-refractivity contribution is -0.129. The van der Waals surface area contributed by atoms with Gasteiger partial charge in [0, 0.05) is 49.3 Å². The molecule has 0 spiro atoms. The maximum Gasteiger partial charge on any atom is 0.355 e. The van der Waals surface area contributed by atoms with Crippen molar-refractivity contribution in [2.75, 3.05) is 18.8 Å². The highest BCUT2D eigenvalue weighted by Gasteiger charge is 2.32. The number of carboxylic acids is 1. The fourth-order valence-corrected chi connectivity index (χ4v) is 5.30. The van der Waals surface area contributed by atoms with Crippen LogP contribution in [0.5, 0.6) is 0 Å². The minimum Gasteiger partial charge on any atom is -0.476 e. The molecule has 1 aliphatic heterocycles. The quantitative estimate of drug-likeness (QED) is 0.574. The van der Waals surface area contributed by atoms with Gasteiger partial charge >= 0.3 is 5.97 Å². The van der Waals surface area contributed by atoms with E-state index < -0.39 is 5.97 Å². The van der Waals surface area contributed by atoms with Gasteiger partial charge in [-0.1, -0.05) is 42.1 Å². The minimum atomic E-state index is -1.00. The number of rotatable bonds is 10. The predicted octanol–water partition coefficient (Wildman–Crippen LogP) is 3.84. The summed E-state index contributed by atoms with van der Waals surface area (Å²) in [5, 5.41) is 10.5. The Morgan fingerprint density at radius 1 is 1.38 bits per heavy atom. The highest BCUT2D eigenvalue weighted by Crippen LogP contribution is 2.26. The van der Waals surface area contributed by atoms with Crippen LogP contribution in [-0.4, -0.2) is 62.7 Å². The third-order valence-electron chi connectivity index (χ3n) is 5.12. The van der Waals surface area contributed by atoms with Crippen molar-refractivity contribution in [2.24, 2.45) is 0 Å². The molecule has 2 heterocycles. The minimum absolute atomic E-state index is 0.0844. The molecule has 0 radical (unpaired) electrons.